The maximum Gasteiger partial charge on any atom is 0.335 e. The predicted molar refractivity (Wildman–Crippen MR) is 131 cm³/mol. The van der Waals surface area contributed by atoms with Crippen LogP contribution in [0, 0.1) is 6.92 Å². The van der Waals surface area contributed by atoms with Crippen molar-refractivity contribution in [3.63, 3.8) is 0 Å². The van der Waals surface area contributed by atoms with Crippen molar-refractivity contribution in [1.29, 1.82) is 0 Å². The van der Waals surface area contributed by atoms with Gasteiger partial charge in [-0.2, -0.15) is 0 Å². The molecule has 7 heteroatoms. The molecule has 1 fully saturated rings. The molecule has 0 saturated carbocycles. The highest BCUT2D eigenvalue weighted by atomic mass is 32.2. The van der Waals surface area contributed by atoms with Crippen LogP contribution in [0.1, 0.15) is 27.0 Å². The number of carboxylic acids is 1. The van der Waals surface area contributed by atoms with Gasteiger partial charge in [-0.3, -0.25) is 9.69 Å². The number of benzene rings is 3. The van der Waals surface area contributed by atoms with E-state index in [1.54, 1.807) is 19.2 Å². The SMILES string of the molecule is Cc1ccc(COc2ccc(C=C3SC(=Nc4ccc(C(=O)O)cc4)N(C)C3=O)cc2)cc1. The summed E-state index contributed by atoms with van der Waals surface area (Å²) in [6.07, 6.45) is 1.82. The molecule has 1 aliphatic heterocycles. The van der Waals surface area contributed by atoms with Gasteiger partial charge in [-0.15, -0.1) is 0 Å². The fourth-order valence-electron chi connectivity index (χ4n) is 3.10. The third-order valence-corrected chi connectivity index (χ3v) is 6.11. The Morgan fingerprint density at radius 2 is 1.70 bits per heavy atom. The first-order chi connectivity index (χ1) is 15.9. The molecule has 0 radical (unpaired) electrons. The summed E-state index contributed by atoms with van der Waals surface area (Å²) in [6, 6.07) is 22.0. The summed E-state index contributed by atoms with van der Waals surface area (Å²) in [4.78, 5) is 30.2. The number of aliphatic imine (C=N–C) groups is 1. The van der Waals surface area contributed by atoms with Gasteiger partial charge in [0.25, 0.3) is 5.91 Å². The van der Waals surface area contributed by atoms with Crippen LogP contribution in [-0.4, -0.2) is 34.1 Å². The summed E-state index contributed by atoms with van der Waals surface area (Å²) in [5, 5.41) is 9.55. The van der Waals surface area contributed by atoms with Crippen LogP contribution in [-0.2, 0) is 11.4 Å². The lowest BCUT2D eigenvalue weighted by Gasteiger charge is -2.07. The standard InChI is InChI=1S/C26H22N2O4S/c1-17-3-5-19(6-4-17)16-32-22-13-7-18(8-14-22)15-23-24(29)28(2)26(33-23)27-21-11-9-20(10-12-21)25(30)31/h3-15H,16H2,1-2H3,(H,30,31). The molecule has 1 aliphatic rings. The number of ether oxygens (including phenoxy) is 1. The maximum atomic E-state index is 12.7. The molecule has 1 heterocycles. The van der Waals surface area contributed by atoms with Crippen molar-refractivity contribution >= 4 is 40.6 Å². The first-order valence-electron chi connectivity index (χ1n) is 10.3. The zero-order valence-corrected chi connectivity index (χ0v) is 19.0. The third kappa shape index (κ3) is 5.51. The second-order valence-electron chi connectivity index (χ2n) is 7.56. The lowest BCUT2D eigenvalue weighted by atomic mass is 10.1. The van der Waals surface area contributed by atoms with Gasteiger partial charge >= 0.3 is 5.97 Å². The molecule has 0 unspecified atom stereocenters. The number of hydrogen-bond acceptors (Lipinski definition) is 5. The molecule has 33 heavy (non-hydrogen) atoms. The molecule has 0 aliphatic carbocycles. The van der Waals surface area contributed by atoms with E-state index in [1.807, 2.05) is 42.5 Å². The van der Waals surface area contributed by atoms with Gasteiger partial charge in [0.2, 0.25) is 0 Å². The second-order valence-corrected chi connectivity index (χ2v) is 8.57. The lowest BCUT2D eigenvalue weighted by Crippen LogP contribution is -2.23. The molecule has 0 atom stereocenters. The Bertz CT molecular complexity index is 1230. The first kappa shape index (κ1) is 22.4. The van der Waals surface area contributed by atoms with Crippen LogP contribution in [0.25, 0.3) is 6.08 Å². The number of carboxylic acid groups (broad SMARTS) is 1. The van der Waals surface area contributed by atoms with E-state index in [-0.39, 0.29) is 11.5 Å². The van der Waals surface area contributed by atoms with Crippen LogP contribution in [0.5, 0.6) is 5.75 Å². The Morgan fingerprint density at radius 3 is 2.33 bits per heavy atom. The van der Waals surface area contributed by atoms with Gasteiger partial charge in [0.05, 0.1) is 16.2 Å². The highest BCUT2D eigenvalue weighted by Crippen LogP contribution is 2.33. The van der Waals surface area contributed by atoms with E-state index in [1.165, 1.54) is 34.4 Å². The number of hydrogen-bond donors (Lipinski definition) is 1. The second kappa shape index (κ2) is 9.75. The summed E-state index contributed by atoms with van der Waals surface area (Å²) in [5.41, 5.74) is 3.97. The Morgan fingerprint density at radius 1 is 1.03 bits per heavy atom. The molecular formula is C26H22N2O4S. The van der Waals surface area contributed by atoms with Gasteiger partial charge in [0.15, 0.2) is 5.17 Å². The number of carbonyl (C=O) groups is 2. The number of amidine groups is 1. The molecule has 1 saturated heterocycles. The Hall–Kier alpha value is -3.84. The number of aromatic carboxylic acids is 1. The molecule has 3 aromatic carbocycles. The minimum Gasteiger partial charge on any atom is -0.489 e. The monoisotopic (exact) mass is 458 g/mol. The topological polar surface area (TPSA) is 79.2 Å². The van der Waals surface area contributed by atoms with E-state index in [9.17, 15) is 9.59 Å². The average Bonchev–Trinajstić information content (AvgIpc) is 3.07. The average molecular weight is 459 g/mol. The van der Waals surface area contributed by atoms with Gasteiger partial charge in [0, 0.05) is 7.05 Å². The van der Waals surface area contributed by atoms with E-state index in [4.69, 9.17) is 9.84 Å². The third-order valence-electron chi connectivity index (χ3n) is 5.05. The van der Waals surface area contributed by atoms with Crippen molar-refractivity contribution in [2.75, 3.05) is 7.05 Å². The molecule has 3 aromatic rings. The predicted octanol–water partition coefficient (Wildman–Crippen LogP) is 5.51. The lowest BCUT2D eigenvalue weighted by molar-refractivity contribution is -0.121. The number of nitrogens with zero attached hydrogens (tertiary/aromatic N) is 2. The summed E-state index contributed by atoms with van der Waals surface area (Å²) < 4.78 is 5.84. The summed E-state index contributed by atoms with van der Waals surface area (Å²) in [7, 11) is 1.67. The van der Waals surface area contributed by atoms with Crippen molar-refractivity contribution in [3.8, 4) is 5.75 Å². The molecule has 0 bridgehead atoms. The molecule has 1 amide bonds. The van der Waals surface area contributed by atoms with Gasteiger partial charge < -0.3 is 9.84 Å². The fourth-order valence-corrected chi connectivity index (χ4v) is 4.09. The van der Waals surface area contributed by atoms with E-state index in [0.29, 0.717) is 22.4 Å². The highest BCUT2D eigenvalue weighted by Gasteiger charge is 2.30. The zero-order chi connectivity index (χ0) is 23.4. The molecular weight excluding hydrogens is 436 g/mol. The van der Waals surface area contributed by atoms with E-state index >= 15 is 0 Å². The number of rotatable bonds is 6. The van der Waals surface area contributed by atoms with Crippen molar-refractivity contribution in [2.45, 2.75) is 13.5 Å². The quantitative estimate of drug-likeness (QED) is 0.493. The fraction of sp³-hybridized carbons (Fsp3) is 0.115. The van der Waals surface area contributed by atoms with Crippen LogP contribution in [0.3, 0.4) is 0 Å². The molecule has 6 nitrogen and oxygen atoms in total. The van der Waals surface area contributed by atoms with Crippen LogP contribution in [0.2, 0.25) is 0 Å². The van der Waals surface area contributed by atoms with Crippen molar-refractivity contribution in [2.24, 2.45) is 4.99 Å². The Kier molecular flexibility index (Phi) is 6.60. The normalized spacial score (nSPS) is 15.9. The van der Waals surface area contributed by atoms with Crippen LogP contribution < -0.4 is 4.74 Å². The summed E-state index contributed by atoms with van der Waals surface area (Å²) in [5.74, 6) is -0.374. The number of aryl methyl sites for hydroxylation is 1. The van der Waals surface area contributed by atoms with Crippen molar-refractivity contribution in [1.82, 2.24) is 4.90 Å². The van der Waals surface area contributed by atoms with Gasteiger partial charge in [-0.05, 0) is 72.3 Å². The van der Waals surface area contributed by atoms with Crippen LogP contribution in [0.4, 0.5) is 5.69 Å². The zero-order valence-electron chi connectivity index (χ0n) is 18.2. The van der Waals surface area contributed by atoms with Gasteiger partial charge in [-0.1, -0.05) is 42.0 Å². The van der Waals surface area contributed by atoms with Gasteiger partial charge in [0.1, 0.15) is 12.4 Å². The minimum atomic E-state index is -0.992. The Labute approximate surface area is 196 Å². The molecule has 166 valence electrons. The number of thioether (sulfide) groups is 1. The Balaban J connectivity index is 1.43. The number of likely N-dealkylation sites (N-methyl/N-ethyl adjacent to an activating group) is 1. The number of amides is 1. The molecule has 1 N–H and O–H groups in total. The smallest absolute Gasteiger partial charge is 0.335 e. The molecule has 4 rings (SSSR count). The van der Waals surface area contributed by atoms with Crippen LogP contribution >= 0.6 is 11.8 Å². The van der Waals surface area contributed by atoms with Gasteiger partial charge in [-0.25, -0.2) is 9.79 Å². The van der Waals surface area contributed by atoms with E-state index in [2.05, 4.69) is 24.0 Å². The van der Waals surface area contributed by atoms with Crippen molar-refractivity contribution in [3.05, 3.63) is 100.0 Å². The largest absolute Gasteiger partial charge is 0.489 e. The van der Waals surface area contributed by atoms with Crippen LogP contribution in [0.15, 0.2) is 82.7 Å². The molecule has 0 aromatic heterocycles. The van der Waals surface area contributed by atoms with Crippen molar-refractivity contribution < 1.29 is 19.4 Å². The summed E-state index contributed by atoms with van der Waals surface area (Å²) in [6.45, 7) is 2.55. The van der Waals surface area contributed by atoms with E-state index < -0.39 is 5.97 Å². The molecule has 0 spiro atoms. The highest BCUT2D eigenvalue weighted by molar-refractivity contribution is 8.18. The number of carbonyl (C=O) groups excluding carboxylic acids is 1. The minimum absolute atomic E-state index is 0.138. The summed E-state index contributed by atoms with van der Waals surface area (Å²) >= 11 is 1.28. The maximum absolute atomic E-state index is 12.7. The first-order valence-corrected chi connectivity index (χ1v) is 11.1. The van der Waals surface area contributed by atoms with E-state index in [0.717, 1.165) is 16.9 Å².